The predicted molar refractivity (Wildman–Crippen MR) is 71.5 cm³/mol. The molecule has 0 unspecified atom stereocenters. The monoisotopic (exact) mass is 213 g/mol. The number of nitrogens with zero attached hydrogens (tertiary/aromatic N) is 1. The van der Waals surface area contributed by atoms with Gasteiger partial charge in [-0.1, -0.05) is 44.5 Å². The van der Waals surface area contributed by atoms with E-state index in [1.165, 1.54) is 30.5 Å². The van der Waals surface area contributed by atoms with Crippen LogP contribution < -0.4 is 4.90 Å². The van der Waals surface area contributed by atoms with Gasteiger partial charge >= 0.3 is 0 Å². The summed E-state index contributed by atoms with van der Waals surface area (Å²) in [5, 5.41) is 0. The van der Waals surface area contributed by atoms with Crippen molar-refractivity contribution in [2.45, 2.75) is 26.2 Å². The zero-order chi connectivity index (χ0) is 11.4. The van der Waals surface area contributed by atoms with Crippen molar-refractivity contribution in [2.24, 2.45) is 0 Å². The van der Waals surface area contributed by atoms with Crippen molar-refractivity contribution in [1.29, 1.82) is 0 Å². The van der Waals surface area contributed by atoms with E-state index >= 15 is 0 Å². The van der Waals surface area contributed by atoms with Crippen LogP contribution in [0.15, 0.2) is 43.1 Å². The number of unbranched alkanes of at least 4 members (excludes halogenated alkanes) is 2. The van der Waals surface area contributed by atoms with Gasteiger partial charge in [0.1, 0.15) is 0 Å². The van der Waals surface area contributed by atoms with E-state index in [1.54, 1.807) is 0 Å². The van der Waals surface area contributed by atoms with Crippen molar-refractivity contribution in [1.82, 2.24) is 0 Å². The van der Waals surface area contributed by atoms with Crippen molar-refractivity contribution in [2.75, 3.05) is 11.4 Å². The van der Waals surface area contributed by atoms with Gasteiger partial charge in [-0.25, -0.2) is 0 Å². The van der Waals surface area contributed by atoms with E-state index in [0.29, 0.717) is 0 Å². The Morgan fingerprint density at radius 1 is 1.19 bits per heavy atom. The fourth-order valence-electron chi connectivity index (χ4n) is 2.07. The Morgan fingerprint density at radius 2 is 2.00 bits per heavy atom. The van der Waals surface area contributed by atoms with Gasteiger partial charge in [-0.3, -0.25) is 0 Å². The molecule has 0 fully saturated rings. The fraction of sp³-hybridized carbons (Fsp3) is 0.333. The average molecular weight is 213 g/mol. The Labute approximate surface area is 98.1 Å². The third-order valence-electron chi connectivity index (χ3n) is 3.02. The molecule has 0 atom stereocenters. The molecule has 1 aliphatic heterocycles. The minimum atomic E-state index is 1.11. The smallest absolute Gasteiger partial charge is 0.0485 e. The zero-order valence-corrected chi connectivity index (χ0v) is 9.95. The van der Waals surface area contributed by atoms with Crippen LogP contribution in [0.3, 0.4) is 0 Å². The maximum absolute atomic E-state index is 4.07. The normalized spacial score (nSPS) is 14.1. The Bertz CT molecular complexity index is 404. The van der Waals surface area contributed by atoms with E-state index in [4.69, 9.17) is 0 Å². The predicted octanol–water partition coefficient (Wildman–Crippen LogP) is 4.22. The van der Waals surface area contributed by atoms with Crippen LogP contribution in [0.4, 0.5) is 5.69 Å². The number of hydrogen-bond acceptors (Lipinski definition) is 1. The molecular weight excluding hydrogens is 194 g/mol. The summed E-state index contributed by atoms with van der Waals surface area (Å²) in [6.07, 6.45) is 8.08. The molecule has 2 rings (SSSR count). The summed E-state index contributed by atoms with van der Waals surface area (Å²) in [6.45, 7) is 7.42. The zero-order valence-electron chi connectivity index (χ0n) is 9.95. The van der Waals surface area contributed by atoms with Gasteiger partial charge in [0, 0.05) is 24.0 Å². The molecule has 1 heteroatoms. The molecule has 0 bridgehead atoms. The van der Waals surface area contributed by atoms with Crippen molar-refractivity contribution in [3.8, 4) is 0 Å². The Hall–Kier alpha value is -1.50. The molecule has 1 heterocycles. The van der Waals surface area contributed by atoms with Gasteiger partial charge in [-0.2, -0.15) is 0 Å². The molecule has 1 aliphatic rings. The largest absolute Gasteiger partial charge is 0.347 e. The molecule has 0 N–H and O–H groups in total. The van der Waals surface area contributed by atoms with Gasteiger partial charge in [0.05, 0.1) is 0 Å². The lowest BCUT2D eigenvalue weighted by Crippen LogP contribution is -2.20. The number of benzene rings is 1. The van der Waals surface area contributed by atoms with Crippen LogP contribution in [0.25, 0.3) is 5.57 Å². The molecule has 0 saturated carbocycles. The van der Waals surface area contributed by atoms with Crippen LogP contribution in [-0.4, -0.2) is 6.54 Å². The van der Waals surface area contributed by atoms with Crippen LogP contribution >= 0.6 is 0 Å². The lowest BCUT2D eigenvalue weighted by Gasteiger charge is -2.27. The third-order valence-corrected chi connectivity index (χ3v) is 3.02. The van der Waals surface area contributed by atoms with E-state index in [2.05, 4.69) is 54.9 Å². The van der Waals surface area contributed by atoms with Gasteiger partial charge in [-0.15, -0.1) is 0 Å². The lowest BCUT2D eigenvalue weighted by atomic mass is 10.0. The minimum Gasteiger partial charge on any atom is -0.347 e. The number of rotatable bonds is 4. The highest BCUT2D eigenvalue weighted by molar-refractivity contribution is 5.84. The lowest BCUT2D eigenvalue weighted by molar-refractivity contribution is 0.713. The summed E-state index contributed by atoms with van der Waals surface area (Å²) in [7, 11) is 0. The summed E-state index contributed by atoms with van der Waals surface area (Å²) in [4.78, 5) is 2.33. The first-order chi connectivity index (χ1) is 7.83. The van der Waals surface area contributed by atoms with Crippen LogP contribution in [-0.2, 0) is 0 Å². The SMILES string of the molecule is C=C1C=CN(CCCCC)c2ccccc21. The molecule has 0 spiro atoms. The topological polar surface area (TPSA) is 3.24 Å². The highest BCUT2D eigenvalue weighted by Crippen LogP contribution is 2.31. The summed E-state index contributed by atoms with van der Waals surface area (Å²) in [6, 6.07) is 8.50. The second-order valence-corrected chi connectivity index (χ2v) is 4.26. The molecule has 0 aromatic heterocycles. The van der Waals surface area contributed by atoms with Gasteiger partial charge < -0.3 is 4.90 Å². The maximum atomic E-state index is 4.07. The fourth-order valence-corrected chi connectivity index (χ4v) is 2.07. The number of anilines is 1. The van der Waals surface area contributed by atoms with Crippen LogP contribution in [0.1, 0.15) is 31.7 Å². The highest BCUT2D eigenvalue weighted by Gasteiger charge is 2.13. The summed E-state index contributed by atoms with van der Waals surface area (Å²) >= 11 is 0. The molecule has 0 saturated heterocycles. The number of para-hydroxylation sites is 1. The van der Waals surface area contributed by atoms with E-state index in [9.17, 15) is 0 Å². The average Bonchev–Trinajstić information content (AvgIpc) is 2.33. The second kappa shape index (κ2) is 5.02. The van der Waals surface area contributed by atoms with Gasteiger partial charge in [-0.05, 0) is 24.1 Å². The second-order valence-electron chi connectivity index (χ2n) is 4.26. The van der Waals surface area contributed by atoms with Crippen molar-refractivity contribution >= 4 is 11.3 Å². The van der Waals surface area contributed by atoms with E-state index in [-0.39, 0.29) is 0 Å². The summed E-state index contributed by atoms with van der Waals surface area (Å²) in [5.74, 6) is 0. The summed E-state index contributed by atoms with van der Waals surface area (Å²) < 4.78 is 0. The number of hydrogen-bond donors (Lipinski definition) is 0. The molecule has 16 heavy (non-hydrogen) atoms. The number of allylic oxidation sites excluding steroid dienone is 2. The minimum absolute atomic E-state index is 1.11. The van der Waals surface area contributed by atoms with Gasteiger partial charge in [0.25, 0.3) is 0 Å². The molecule has 0 aliphatic carbocycles. The van der Waals surface area contributed by atoms with E-state index in [0.717, 1.165) is 12.1 Å². The highest BCUT2D eigenvalue weighted by atomic mass is 15.1. The van der Waals surface area contributed by atoms with Crippen LogP contribution in [0.2, 0.25) is 0 Å². The Balaban J connectivity index is 2.16. The molecule has 1 aromatic rings. The first-order valence-electron chi connectivity index (χ1n) is 6.06. The van der Waals surface area contributed by atoms with E-state index < -0.39 is 0 Å². The molecule has 0 amide bonds. The molecule has 1 aromatic carbocycles. The third kappa shape index (κ3) is 2.19. The van der Waals surface area contributed by atoms with Crippen LogP contribution in [0.5, 0.6) is 0 Å². The van der Waals surface area contributed by atoms with Gasteiger partial charge in [0.15, 0.2) is 0 Å². The van der Waals surface area contributed by atoms with Crippen molar-refractivity contribution in [3.05, 3.63) is 48.7 Å². The van der Waals surface area contributed by atoms with E-state index in [1.807, 2.05) is 0 Å². The first kappa shape index (κ1) is 11.0. The maximum Gasteiger partial charge on any atom is 0.0485 e. The standard InChI is InChI=1S/C15H19N/c1-3-4-7-11-16-12-10-13(2)14-8-5-6-9-15(14)16/h5-6,8-10,12H,2-4,7,11H2,1H3. The molecular formula is C15H19N. The first-order valence-corrected chi connectivity index (χ1v) is 6.06. The Kier molecular flexibility index (Phi) is 3.45. The summed E-state index contributed by atoms with van der Waals surface area (Å²) in [5.41, 5.74) is 3.68. The molecule has 0 radical (unpaired) electrons. The van der Waals surface area contributed by atoms with Crippen molar-refractivity contribution in [3.63, 3.8) is 0 Å². The van der Waals surface area contributed by atoms with Crippen molar-refractivity contribution < 1.29 is 0 Å². The van der Waals surface area contributed by atoms with Gasteiger partial charge in [0.2, 0.25) is 0 Å². The van der Waals surface area contributed by atoms with Crippen LogP contribution in [0, 0.1) is 0 Å². The quantitative estimate of drug-likeness (QED) is 0.677. The Morgan fingerprint density at radius 3 is 2.81 bits per heavy atom. The molecule has 1 nitrogen and oxygen atoms in total. The molecule has 84 valence electrons. The number of fused-ring (bicyclic) bond motifs is 1.